The summed E-state index contributed by atoms with van der Waals surface area (Å²) in [5.41, 5.74) is 5.43. The first-order chi connectivity index (χ1) is 10.4. The first-order valence-corrected chi connectivity index (χ1v) is 7.12. The van der Waals surface area contributed by atoms with Crippen molar-refractivity contribution in [2.24, 2.45) is 0 Å². The second-order valence-corrected chi connectivity index (χ2v) is 5.82. The Morgan fingerprint density at radius 1 is 1.14 bits per heavy atom. The van der Waals surface area contributed by atoms with E-state index < -0.39 is 16.7 Å². The van der Waals surface area contributed by atoms with Gasteiger partial charge in [0.05, 0.1) is 9.80 Å². The molecule has 0 aliphatic carbocycles. The van der Waals surface area contributed by atoms with Crippen LogP contribution in [0.4, 0.5) is 5.69 Å². The van der Waals surface area contributed by atoms with Crippen LogP contribution in [0.3, 0.4) is 0 Å². The third kappa shape index (κ3) is 3.47. The van der Waals surface area contributed by atoms with Gasteiger partial charge in [0.25, 0.3) is 17.5 Å². The van der Waals surface area contributed by atoms with Crippen LogP contribution in [0.25, 0.3) is 0 Å². The molecule has 0 saturated carbocycles. The van der Waals surface area contributed by atoms with Crippen molar-refractivity contribution >= 4 is 28.8 Å². The van der Waals surface area contributed by atoms with Crippen molar-refractivity contribution in [3.05, 3.63) is 61.3 Å². The summed E-state index contributed by atoms with van der Waals surface area (Å²) in [7, 11) is 0. The Bertz CT molecular complexity index is 735. The number of nitrogens with one attached hydrogen (secondary N) is 2. The van der Waals surface area contributed by atoms with E-state index in [1.54, 1.807) is 6.07 Å². The van der Waals surface area contributed by atoms with Gasteiger partial charge in [-0.3, -0.25) is 30.6 Å². The van der Waals surface area contributed by atoms with E-state index in [1.165, 1.54) is 29.5 Å². The highest BCUT2D eigenvalue weighted by molar-refractivity contribution is 7.14. The van der Waals surface area contributed by atoms with E-state index in [1.807, 2.05) is 13.8 Å². The van der Waals surface area contributed by atoms with Gasteiger partial charge in [0.1, 0.15) is 0 Å². The summed E-state index contributed by atoms with van der Waals surface area (Å²) in [5, 5.41) is 10.7. The van der Waals surface area contributed by atoms with E-state index in [9.17, 15) is 19.7 Å². The van der Waals surface area contributed by atoms with Gasteiger partial charge in [-0.2, -0.15) is 0 Å². The molecule has 0 spiro atoms. The van der Waals surface area contributed by atoms with Crippen molar-refractivity contribution < 1.29 is 14.5 Å². The number of thiophene rings is 1. The Labute approximate surface area is 130 Å². The molecule has 0 aliphatic heterocycles. The molecule has 0 fully saturated rings. The van der Waals surface area contributed by atoms with Crippen molar-refractivity contribution in [1.82, 2.24) is 10.9 Å². The number of rotatable bonds is 3. The van der Waals surface area contributed by atoms with Crippen LogP contribution in [0, 0.1) is 24.0 Å². The predicted molar refractivity (Wildman–Crippen MR) is 81.8 cm³/mol. The number of nitro benzene ring substituents is 1. The molecule has 22 heavy (non-hydrogen) atoms. The third-order valence-corrected chi connectivity index (χ3v) is 4.15. The summed E-state index contributed by atoms with van der Waals surface area (Å²) in [6, 6.07) is 6.98. The standard InChI is InChI=1S/C14H13N3O4S/c1-8-6-12(22-9(8)2)14(19)16-15-13(18)10-4-3-5-11(7-10)17(20)21/h3-7H,1-2H3,(H,15,18)(H,16,19). The minimum Gasteiger partial charge on any atom is -0.267 e. The molecule has 2 amide bonds. The number of amides is 2. The van der Waals surface area contributed by atoms with Crippen molar-refractivity contribution in [1.29, 1.82) is 0 Å². The second-order valence-electron chi connectivity index (χ2n) is 4.57. The van der Waals surface area contributed by atoms with E-state index in [0.29, 0.717) is 4.88 Å². The summed E-state index contributed by atoms with van der Waals surface area (Å²) in [4.78, 5) is 35.4. The number of hydrogen-bond donors (Lipinski definition) is 2. The Balaban J connectivity index is 2.02. The topological polar surface area (TPSA) is 101 Å². The average molecular weight is 319 g/mol. The van der Waals surface area contributed by atoms with Crippen molar-refractivity contribution in [2.45, 2.75) is 13.8 Å². The molecule has 0 aliphatic rings. The largest absolute Gasteiger partial charge is 0.279 e. The fourth-order valence-corrected chi connectivity index (χ4v) is 2.62. The summed E-state index contributed by atoms with van der Waals surface area (Å²) in [6.07, 6.45) is 0. The Hall–Kier alpha value is -2.74. The van der Waals surface area contributed by atoms with Gasteiger partial charge in [0, 0.05) is 22.6 Å². The number of nitrogens with zero attached hydrogens (tertiary/aromatic N) is 1. The molecule has 1 aromatic carbocycles. The first kappa shape index (κ1) is 15.6. The van der Waals surface area contributed by atoms with Crippen LogP contribution >= 0.6 is 11.3 Å². The minimum atomic E-state index is -0.623. The maximum Gasteiger partial charge on any atom is 0.279 e. The molecule has 0 unspecified atom stereocenters. The van der Waals surface area contributed by atoms with Crippen molar-refractivity contribution in [3.63, 3.8) is 0 Å². The highest BCUT2D eigenvalue weighted by Crippen LogP contribution is 2.20. The normalized spacial score (nSPS) is 10.1. The predicted octanol–water partition coefficient (Wildman–Crippen LogP) is 2.35. The number of carbonyl (C=O) groups excluding carboxylic acids is 2. The summed E-state index contributed by atoms with van der Waals surface area (Å²) in [6.45, 7) is 3.79. The lowest BCUT2D eigenvalue weighted by molar-refractivity contribution is -0.384. The van der Waals surface area contributed by atoms with Crippen LogP contribution in [0.5, 0.6) is 0 Å². The van der Waals surface area contributed by atoms with E-state index in [0.717, 1.165) is 16.5 Å². The Kier molecular flexibility index (Phi) is 4.52. The van der Waals surface area contributed by atoms with E-state index in [-0.39, 0.29) is 11.3 Å². The summed E-state index contributed by atoms with van der Waals surface area (Å²) >= 11 is 1.32. The number of hydrogen-bond acceptors (Lipinski definition) is 5. The molecule has 1 heterocycles. The molecule has 0 atom stereocenters. The highest BCUT2D eigenvalue weighted by atomic mass is 32.1. The zero-order valence-electron chi connectivity index (χ0n) is 11.9. The molecule has 2 aromatic rings. The van der Waals surface area contributed by atoms with Crippen LogP contribution in [0.2, 0.25) is 0 Å². The molecule has 2 N–H and O–H groups in total. The highest BCUT2D eigenvalue weighted by Gasteiger charge is 2.14. The van der Waals surface area contributed by atoms with Crippen LogP contribution in [-0.4, -0.2) is 16.7 Å². The lowest BCUT2D eigenvalue weighted by atomic mass is 10.2. The number of nitro groups is 1. The zero-order chi connectivity index (χ0) is 16.3. The fraction of sp³-hybridized carbons (Fsp3) is 0.143. The van der Waals surface area contributed by atoms with Gasteiger partial charge in [0.15, 0.2) is 0 Å². The monoisotopic (exact) mass is 319 g/mol. The number of hydrazine groups is 1. The quantitative estimate of drug-likeness (QED) is 0.669. The van der Waals surface area contributed by atoms with Gasteiger partial charge in [0.2, 0.25) is 0 Å². The molecular formula is C14H13N3O4S. The van der Waals surface area contributed by atoms with Gasteiger partial charge in [-0.1, -0.05) is 6.07 Å². The smallest absolute Gasteiger partial charge is 0.267 e. The lowest BCUT2D eigenvalue weighted by Gasteiger charge is -2.06. The van der Waals surface area contributed by atoms with E-state index in [2.05, 4.69) is 10.9 Å². The molecule has 2 rings (SSSR count). The molecule has 0 radical (unpaired) electrons. The third-order valence-electron chi connectivity index (χ3n) is 3.00. The number of aryl methyl sites for hydroxylation is 2. The number of non-ortho nitro benzene ring substituents is 1. The number of carbonyl (C=O) groups is 2. The Morgan fingerprint density at radius 2 is 1.82 bits per heavy atom. The maximum absolute atomic E-state index is 11.9. The van der Waals surface area contributed by atoms with Crippen molar-refractivity contribution in [2.75, 3.05) is 0 Å². The zero-order valence-corrected chi connectivity index (χ0v) is 12.7. The van der Waals surface area contributed by atoms with Gasteiger partial charge < -0.3 is 0 Å². The first-order valence-electron chi connectivity index (χ1n) is 6.30. The van der Waals surface area contributed by atoms with Crippen molar-refractivity contribution in [3.8, 4) is 0 Å². The molecular weight excluding hydrogens is 306 g/mol. The Morgan fingerprint density at radius 3 is 2.41 bits per heavy atom. The second kappa shape index (κ2) is 6.35. The fourth-order valence-electron chi connectivity index (χ4n) is 1.69. The molecule has 7 nitrogen and oxygen atoms in total. The molecule has 0 bridgehead atoms. The van der Waals surface area contributed by atoms with Crippen LogP contribution in [0.1, 0.15) is 30.5 Å². The van der Waals surface area contributed by atoms with Gasteiger partial charge in [-0.25, -0.2) is 0 Å². The van der Waals surface area contributed by atoms with Crippen LogP contribution in [0.15, 0.2) is 30.3 Å². The maximum atomic E-state index is 11.9. The minimum absolute atomic E-state index is 0.0908. The molecule has 114 valence electrons. The van der Waals surface area contributed by atoms with E-state index >= 15 is 0 Å². The lowest BCUT2D eigenvalue weighted by Crippen LogP contribution is -2.41. The molecule has 0 saturated heterocycles. The van der Waals surface area contributed by atoms with Gasteiger partial charge in [-0.05, 0) is 31.5 Å². The summed E-state index contributed by atoms with van der Waals surface area (Å²) < 4.78 is 0. The SMILES string of the molecule is Cc1cc(C(=O)NNC(=O)c2cccc([N+](=O)[O-])c2)sc1C. The van der Waals surface area contributed by atoms with E-state index in [4.69, 9.17) is 0 Å². The molecule has 1 aromatic heterocycles. The average Bonchev–Trinajstić information content (AvgIpc) is 2.84. The van der Waals surface area contributed by atoms with Crippen LogP contribution < -0.4 is 10.9 Å². The number of benzene rings is 1. The summed E-state index contributed by atoms with van der Waals surface area (Å²) in [5.74, 6) is -1.05. The molecule has 8 heteroatoms. The van der Waals surface area contributed by atoms with Gasteiger partial charge >= 0.3 is 0 Å². The van der Waals surface area contributed by atoms with Crippen LogP contribution in [-0.2, 0) is 0 Å². The van der Waals surface area contributed by atoms with Gasteiger partial charge in [-0.15, -0.1) is 11.3 Å².